The van der Waals surface area contributed by atoms with Crippen molar-refractivity contribution in [2.45, 2.75) is 18.8 Å². The molecule has 5 N–H and O–H groups in total. The van der Waals surface area contributed by atoms with Gasteiger partial charge < -0.3 is 20.2 Å². The van der Waals surface area contributed by atoms with Crippen LogP contribution < -0.4 is 16.4 Å². The second-order valence-corrected chi connectivity index (χ2v) is 7.84. The monoisotopic (exact) mass is 485 g/mol. The van der Waals surface area contributed by atoms with Crippen molar-refractivity contribution in [3.63, 3.8) is 0 Å². The number of aliphatic imine (C=N–C) groups is 1. The number of carbonyl (C=O) groups is 1. The largest absolute Gasteiger partial charge is 0.490 e. The standard InChI is InChI=1S/C27H27N5O4/c28-26(32-17-24-30-15-16-31-24)21-11-13-22(14-12-21)34-18-23(36-29)27(33)35-25(19-7-3-1-4-8-19)20-9-5-2-6-10-20/h1-16,23,25H,17-18,29H2,(H2,28,32)(H,30,31)/t23-/m1/s1. The lowest BCUT2D eigenvalue weighted by Crippen LogP contribution is -2.35. The molecule has 1 heterocycles. The van der Waals surface area contributed by atoms with Gasteiger partial charge in [0.25, 0.3) is 0 Å². The molecule has 0 aliphatic rings. The maximum Gasteiger partial charge on any atom is 0.341 e. The summed E-state index contributed by atoms with van der Waals surface area (Å²) in [6.07, 6.45) is 1.65. The van der Waals surface area contributed by atoms with Crippen LogP contribution >= 0.6 is 0 Å². The summed E-state index contributed by atoms with van der Waals surface area (Å²) in [5.41, 5.74) is 8.45. The van der Waals surface area contributed by atoms with Crippen LogP contribution in [0.15, 0.2) is 102 Å². The van der Waals surface area contributed by atoms with Gasteiger partial charge in [-0.3, -0.25) is 9.83 Å². The number of hydrogen-bond acceptors (Lipinski definition) is 7. The predicted molar refractivity (Wildman–Crippen MR) is 135 cm³/mol. The first-order valence-electron chi connectivity index (χ1n) is 11.3. The number of imidazole rings is 1. The van der Waals surface area contributed by atoms with Gasteiger partial charge in [-0.25, -0.2) is 15.7 Å². The Kier molecular flexibility index (Phi) is 8.42. The molecule has 36 heavy (non-hydrogen) atoms. The highest BCUT2D eigenvalue weighted by atomic mass is 16.7. The van der Waals surface area contributed by atoms with Crippen molar-refractivity contribution in [1.29, 1.82) is 0 Å². The van der Waals surface area contributed by atoms with E-state index in [1.807, 2.05) is 60.7 Å². The van der Waals surface area contributed by atoms with Crippen LogP contribution in [0.4, 0.5) is 0 Å². The number of hydrogen-bond donors (Lipinski definition) is 3. The van der Waals surface area contributed by atoms with Crippen LogP contribution in [0.1, 0.15) is 28.6 Å². The number of nitrogens with zero attached hydrogens (tertiary/aromatic N) is 2. The Labute approximate surface area is 208 Å². The van der Waals surface area contributed by atoms with E-state index in [0.717, 1.165) is 22.5 Å². The number of rotatable bonds is 11. The van der Waals surface area contributed by atoms with Gasteiger partial charge in [-0.1, -0.05) is 60.7 Å². The van der Waals surface area contributed by atoms with E-state index < -0.39 is 18.2 Å². The number of aromatic amines is 1. The van der Waals surface area contributed by atoms with Crippen molar-refractivity contribution in [1.82, 2.24) is 9.97 Å². The number of aromatic nitrogens is 2. The van der Waals surface area contributed by atoms with Crippen LogP contribution in [0.2, 0.25) is 0 Å². The number of nitrogens with one attached hydrogen (secondary N) is 1. The predicted octanol–water partition coefficient (Wildman–Crippen LogP) is 3.29. The van der Waals surface area contributed by atoms with E-state index >= 15 is 0 Å². The molecule has 0 amide bonds. The Morgan fingerprint density at radius 3 is 2.14 bits per heavy atom. The molecule has 4 aromatic rings. The molecule has 0 saturated carbocycles. The van der Waals surface area contributed by atoms with Gasteiger partial charge in [-0.2, -0.15) is 0 Å². The molecule has 184 valence electrons. The minimum absolute atomic E-state index is 0.132. The van der Waals surface area contributed by atoms with Crippen LogP contribution in [0, 0.1) is 0 Å². The molecular weight excluding hydrogens is 458 g/mol. The lowest BCUT2D eigenvalue weighted by atomic mass is 10.0. The van der Waals surface area contributed by atoms with Crippen molar-refractivity contribution in [2.75, 3.05) is 6.61 Å². The first-order valence-corrected chi connectivity index (χ1v) is 11.3. The lowest BCUT2D eigenvalue weighted by molar-refractivity contribution is -0.163. The minimum atomic E-state index is -1.13. The Morgan fingerprint density at radius 1 is 0.944 bits per heavy atom. The van der Waals surface area contributed by atoms with E-state index in [1.165, 1.54) is 0 Å². The number of esters is 1. The molecule has 0 saturated heterocycles. The maximum absolute atomic E-state index is 12.9. The van der Waals surface area contributed by atoms with Gasteiger partial charge in [0.15, 0.2) is 6.10 Å². The molecule has 0 bridgehead atoms. The molecule has 0 aliphatic carbocycles. The third kappa shape index (κ3) is 6.56. The second kappa shape index (κ2) is 12.3. The van der Waals surface area contributed by atoms with Crippen molar-refractivity contribution in [3.8, 4) is 5.75 Å². The molecule has 1 aromatic heterocycles. The average Bonchev–Trinajstić information content (AvgIpc) is 3.46. The van der Waals surface area contributed by atoms with Crippen LogP contribution in [0.25, 0.3) is 0 Å². The number of benzene rings is 3. The zero-order valence-electron chi connectivity index (χ0n) is 19.5. The summed E-state index contributed by atoms with van der Waals surface area (Å²) in [5, 5.41) is 0. The maximum atomic E-state index is 12.9. The number of amidine groups is 1. The molecule has 0 fully saturated rings. The topological polar surface area (TPSA) is 138 Å². The highest BCUT2D eigenvalue weighted by Gasteiger charge is 2.27. The number of nitrogens with two attached hydrogens (primary N) is 2. The molecule has 9 heteroatoms. The summed E-state index contributed by atoms with van der Waals surface area (Å²) in [5.74, 6) is 6.37. The highest BCUT2D eigenvalue weighted by Crippen LogP contribution is 2.26. The van der Waals surface area contributed by atoms with E-state index in [-0.39, 0.29) is 6.61 Å². The van der Waals surface area contributed by atoms with Crippen molar-refractivity contribution in [2.24, 2.45) is 16.6 Å². The van der Waals surface area contributed by atoms with E-state index in [2.05, 4.69) is 15.0 Å². The molecule has 0 unspecified atom stereocenters. The summed E-state index contributed by atoms with van der Waals surface area (Å²) in [7, 11) is 0. The summed E-state index contributed by atoms with van der Waals surface area (Å²) < 4.78 is 11.5. The Balaban J connectivity index is 1.37. The molecule has 1 atom stereocenters. The minimum Gasteiger partial charge on any atom is -0.490 e. The third-order valence-corrected chi connectivity index (χ3v) is 5.37. The fourth-order valence-electron chi connectivity index (χ4n) is 3.47. The molecule has 0 spiro atoms. The van der Waals surface area contributed by atoms with E-state index in [4.69, 9.17) is 25.9 Å². The van der Waals surface area contributed by atoms with E-state index in [9.17, 15) is 4.79 Å². The molecule has 0 aliphatic heterocycles. The fourth-order valence-corrected chi connectivity index (χ4v) is 3.47. The molecule has 0 radical (unpaired) electrons. The van der Waals surface area contributed by atoms with E-state index in [0.29, 0.717) is 18.1 Å². The second-order valence-electron chi connectivity index (χ2n) is 7.84. The first-order chi connectivity index (χ1) is 17.6. The van der Waals surface area contributed by atoms with Crippen molar-refractivity contribution in [3.05, 3.63) is 120 Å². The van der Waals surface area contributed by atoms with Crippen molar-refractivity contribution < 1.29 is 19.1 Å². The summed E-state index contributed by atoms with van der Waals surface area (Å²) in [6, 6.07) is 25.9. The third-order valence-electron chi connectivity index (χ3n) is 5.37. The van der Waals surface area contributed by atoms with Crippen LogP contribution in [-0.2, 0) is 20.9 Å². The molecule has 3 aromatic carbocycles. The van der Waals surface area contributed by atoms with Gasteiger partial charge in [-0.15, -0.1) is 0 Å². The number of ether oxygens (including phenoxy) is 2. The molecule has 4 rings (SSSR count). The summed E-state index contributed by atoms with van der Waals surface area (Å²) in [6.45, 7) is 0.217. The fraction of sp³-hybridized carbons (Fsp3) is 0.148. The molecular formula is C27H27N5O4. The normalized spacial score (nSPS) is 12.3. The quantitative estimate of drug-likeness (QED) is 0.128. The Bertz CT molecular complexity index is 1210. The zero-order chi connectivity index (χ0) is 25.2. The van der Waals surface area contributed by atoms with Crippen LogP contribution in [-0.4, -0.2) is 34.5 Å². The van der Waals surface area contributed by atoms with Crippen LogP contribution in [0.5, 0.6) is 5.75 Å². The van der Waals surface area contributed by atoms with Gasteiger partial charge >= 0.3 is 5.97 Å². The van der Waals surface area contributed by atoms with Crippen LogP contribution in [0.3, 0.4) is 0 Å². The summed E-state index contributed by atoms with van der Waals surface area (Å²) >= 11 is 0. The zero-order valence-corrected chi connectivity index (χ0v) is 19.5. The SMILES string of the molecule is NO[C@H](COc1ccc(C(N)=NCc2ncc[nH]2)cc1)C(=O)OC(c1ccccc1)c1ccccc1. The van der Waals surface area contributed by atoms with Gasteiger partial charge in [0, 0.05) is 18.0 Å². The smallest absolute Gasteiger partial charge is 0.341 e. The Morgan fingerprint density at radius 2 is 1.58 bits per heavy atom. The summed E-state index contributed by atoms with van der Waals surface area (Å²) in [4.78, 5) is 29.2. The van der Waals surface area contributed by atoms with Gasteiger partial charge in [0.1, 0.15) is 24.0 Å². The van der Waals surface area contributed by atoms with E-state index in [1.54, 1.807) is 36.7 Å². The highest BCUT2D eigenvalue weighted by molar-refractivity contribution is 5.97. The number of H-pyrrole nitrogens is 1. The van der Waals surface area contributed by atoms with Gasteiger partial charge in [0.05, 0.1) is 6.54 Å². The lowest BCUT2D eigenvalue weighted by Gasteiger charge is -2.22. The van der Waals surface area contributed by atoms with Gasteiger partial charge in [-0.05, 0) is 35.4 Å². The number of carbonyl (C=O) groups excluding carboxylic acids is 1. The first kappa shape index (κ1) is 24.6. The van der Waals surface area contributed by atoms with Gasteiger partial charge in [0.2, 0.25) is 6.10 Å². The average molecular weight is 486 g/mol. The Hall–Kier alpha value is -4.47. The van der Waals surface area contributed by atoms with Crippen molar-refractivity contribution >= 4 is 11.8 Å². The molecule has 9 nitrogen and oxygen atoms in total.